The second kappa shape index (κ2) is 4.91. The van der Waals surface area contributed by atoms with Gasteiger partial charge in [0.05, 0.1) is 24.1 Å². The Morgan fingerprint density at radius 2 is 2.05 bits per heavy atom. The Labute approximate surface area is 128 Å². The number of nitrogens with two attached hydrogens (primary N) is 1. The van der Waals surface area contributed by atoms with Gasteiger partial charge in [0.25, 0.3) is 0 Å². The summed E-state index contributed by atoms with van der Waals surface area (Å²) < 4.78 is 9.42. The number of aromatic nitrogens is 4. The smallest absolute Gasteiger partial charge is 0.221 e. The van der Waals surface area contributed by atoms with Gasteiger partial charge < -0.3 is 10.5 Å². The summed E-state index contributed by atoms with van der Waals surface area (Å²) >= 11 is 0. The molecule has 1 aliphatic rings. The molecule has 0 spiro atoms. The molecule has 0 aliphatic carbocycles. The Bertz CT molecular complexity index is 819. The molecule has 22 heavy (non-hydrogen) atoms. The average Bonchev–Trinajstić information content (AvgIpc) is 3.11. The van der Waals surface area contributed by atoms with Gasteiger partial charge in [0.15, 0.2) is 0 Å². The van der Waals surface area contributed by atoms with Gasteiger partial charge in [-0.25, -0.2) is 9.36 Å². The number of anilines is 1. The van der Waals surface area contributed by atoms with Crippen LogP contribution in [0.2, 0.25) is 0 Å². The first-order chi connectivity index (χ1) is 10.8. The van der Waals surface area contributed by atoms with Crippen molar-refractivity contribution in [2.75, 3.05) is 12.3 Å². The molecule has 6 heteroatoms. The highest BCUT2D eigenvalue weighted by Crippen LogP contribution is 2.35. The molecule has 0 saturated heterocycles. The summed E-state index contributed by atoms with van der Waals surface area (Å²) in [7, 11) is 0. The SMILES string of the molecule is Cc1c(-c2cnn3c2OCCC3)nn(-c2ccccc2)c1N. The predicted molar refractivity (Wildman–Crippen MR) is 84.0 cm³/mol. The zero-order valence-electron chi connectivity index (χ0n) is 12.4. The lowest BCUT2D eigenvalue weighted by molar-refractivity contribution is 0.231. The molecular formula is C16H17N5O. The fraction of sp³-hybridized carbons (Fsp3) is 0.250. The molecule has 2 aromatic heterocycles. The van der Waals surface area contributed by atoms with Crippen LogP contribution in [0.1, 0.15) is 12.0 Å². The van der Waals surface area contributed by atoms with Crippen molar-refractivity contribution in [2.24, 2.45) is 0 Å². The van der Waals surface area contributed by atoms with Crippen LogP contribution in [0, 0.1) is 6.92 Å². The van der Waals surface area contributed by atoms with Gasteiger partial charge >= 0.3 is 0 Å². The summed E-state index contributed by atoms with van der Waals surface area (Å²) in [5.74, 6) is 1.42. The van der Waals surface area contributed by atoms with Crippen LogP contribution >= 0.6 is 0 Å². The quantitative estimate of drug-likeness (QED) is 0.788. The first-order valence-corrected chi connectivity index (χ1v) is 7.35. The first-order valence-electron chi connectivity index (χ1n) is 7.35. The highest BCUT2D eigenvalue weighted by Gasteiger charge is 2.23. The second-order valence-electron chi connectivity index (χ2n) is 5.39. The molecule has 4 rings (SSSR count). The maximum atomic E-state index is 6.25. The minimum atomic E-state index is 0.636. The van der Waals surface area contributed by atoms with Gasteiger partial charge in [-0.05, 0) is 19.1 Å². The fourth-order valence-electron chi connectivity index (χ4n) is 2.76. The van der Waals surface area contributed by atoms with Gasteiger partial charge in [-0.15, -0.1) is 0 Å². The standard InChI is InChI=1S/C16H17N5O/c1-11-14(13-10-18-20-8-5-9-22-16(13)20)19-21(15(11)17)12-6-3-2-4-7-12/h2-4,6-7,10H,5,8-9,17H2,1H3. The molecule has 0 fully saturated rings. The van der Waals surface area contributed by atoms with Crippen molar-refractivity contribution in [3.63, 3.8) is 0 Å². The molecule has 0 radical (unpaired) electrons. The van der Waals surface area contributed by atoms with Crippen molar-refractivity contribution >= 4 is 5.82 Å². The number of para-hydroxylation sites is 1. The van der Waals surface area contributed by atoms with Crippen LogP contribution in [0.5, 0.6) is 5.88 Å². The third kappa shape index (κ3) is 1.88. The summed E-state index contributed by atoms with van der Waals surface area (Å²) in [6.07, 6.45) is 2.79. The normalized spacial score (nSPS) is 13.7. The Hall–Kier alpha value is -2.76. The minimum absolute atomic E-state index is 0.636. The first kappa shape index (κ1) is 12.9. The van der Waals surface area contributed by atoms with Crippen molar-refractivity contribution in [3.05, 3.63) is 42.1 Å². The number of nitrogen functional groups attached to an aromatic ring is 1. The van der Waals surface area contributed by atoms with Crippen LogP contribution in [0.25, 0.3) is 16.9 Å². The molecule has 1 aliphatic heterocycles. The minimum Gasteiger partial charge on any atom is -0.477 e. The zero-order chi connectivity index (χ0) is 15.1. The molecular weight excluding hydrogens is 278 g/mol. The molecule has 1 aromatic carbocycles. The highest BCUT2D eigenvalue weighted by molar-refractivity contribution is 5.72. The van der Waals surface area contributed by atoms with E-state index in [9.17, 15) is 0 Å². The number of nitrogens with zero attached hydrogens (tertiary/aromatic N) is 4. The molecule has 3 aromatic rings. The number of aryl methyl sites for hydroxylation is 1. The van der Waals surface area contributed by atoms with E-state index in [1.54, 1.807) is 4.68 Å². The number of hydrogen-bond acceptors (Lipinski definition) is 4. The van der Waals surface area contributed by atoms with Crippen molar-refractivity contribution in [3.8, 4) is 22.8 Å². The number of hydrogen-bond donors (Lipinski definition) is 1. The summed E-state index contributed by atoms with van der Waals surface area (Å²) in [5, 5.41) is 9.08. The van der Waals surface area contributed by atoms with Gasteiger partial charge in [0, 0.05) is 18.5 Å². The Balaban J connectivity index is 1.85. The number of ether oxygens (including phenoxy) is 1. The van der Waals surface area contributed by atoms with E-state index in [4.69, 9.17) is 10.5 Å². The Morgan fingerprint density at radius 1 is 1.23 bits per heavy atom. The van der Waals surface area contributed by atoms with Crippen molar-refractivity contribution in [2.45, 2.75) is 19.9 Å². The van der Waals surface area contributed by atoms with E-state index in [0.717, 1.165) is 41.4 Å². The Kier molecular flexibility index (Phi) is 2.89. The van der Waals surface area contributed by atoms with E-state index in [0.29, 0.717) is 12.4 Å². The van der Waals surface area contributed by atoms with Crippen molar-refractivity contribution in [1.82, 2.24) is 19.6 Å². The van der Waals surface area contributed by atoms with Gasteiger partial charge in [0.1, 0.15) is 11.5 Å². The molecule has 0 unspecified atom stereocenters. The molecule has 0 atom stereocenters. The molecule has 0 amide bonds. The number of fused-ring (bicyclic) bond motifs is 1. The molecule has 2 N–H and O–H groups in total. The maximum Gasteiger partial charge on any atom is 0.221 e. The maximum absolute atomic E-state index is 6.25. The van der Waals surface area contributed by atoms with Crippen molar-refractivity contribution < 1.29 is 4.74 Å². The van der Waals surface area contributed by atoms with Crippen LogP contribution in [-0.2, 0) is 6.54 Å². The van der Waals surface area contributed by atoms with Gasteiger partial charge in [-0.3, -0.25) is 0 Å². The van der Waals surface area contributed by atoms with E-state index >= 15 is 0 Å². The van der Waals surface area contributed by atoms with Gasteiger partial charge in [-0.2, -0.15) is 10.2 Å². The molecule has 6 nitrogen and oxygen atoms in total. The summed E-state index contributed by atoms with van der Waals surface area (Å²) in [4.78, 5) is 0. The van der Waals surface area contributed by atoms with Crippen molar-refractivity contribution in [1.29, 1.82) is 0 Å². The highest BCUT2D eigenvalue weighted by atomic mass is 16.5. The lowest BCUT2D eigenvalue weighted by Gasteiger charge is -2.15. The summed E-state index contributed by atoms with van der Waals surface area (Å²) in [6.45, 7) is 3.57. The average molecular weight is 295 g/mol. The molecule has 112 valence electrons. The number of rotatable bonds is 2. The lowest BCUT2D eigenvalue weighted by Crippen LogP contribution is -2.15. The Morgan fingerprint density at radius 3 is 2.86 bits per heavy atom. The summed E-state index contributed by atoms with van der Waals surface area (Å²) in [5.41, 5.74) is 9.85. The van der Waals surface area contributed by atoms with Crippen LogP contribution in [0.15, 0.2) is 36.5 Å². The van der Waals surface area contributed by atoms with E-state index in [1.165, 1.54) is 0 Å². The van der Waals surface area contributed by atoms with E-state index in [2.05, 4.69) is 10.2 Å². The predicted octanol–water partition coefficient (Wildman–Crippen LogP) is 2.41. The van der Waals surface area contributed by atoms with E-state index < -0.39 is 0 Å². The van der Waals surface area contributed by atoms with Crippen LogP contribution in [0.4, 0.5) is 5.82 Å². The fourth-order valence-corrected chi connectivity index (χ4v) is 2.76. The molecule has 0 bridgehead atoms. The number of benzene rings is 1. The van der Waals surface area contributed by atoms with E-state index in [1.807, 2.05) is 48.1 Å². The van der Waals surface area contributed by atoms with Crippen LogP contribution in [0.3, 0.4) is 0 Å². The van der Waals surface area contributed by atoms with Gasteiger partial charge in [-0.1, -0.05) is 18.2 Å². The third-order valence-corrected chi connectivity index (χ3v) is 3.97. The molecule has 3 heterocycles. The third-order valence-electron chi connectivity index (χ3n) is 3.97. The second-order valence-corrected chi connectivity index (χ2v) is 5.39. The van der Waals surface area contributed by atoms with Gasteiger partial charge in [0.2, 0.25) is 5.88 Å². The summed E-state index contributed by atoms with van der Waals surface area (Å²) in [6, 6.07) is 9.87. The molecule has 0 saturated carbocycles. The van der Waals surface area contributed by atoms with Crippen LogP contribution in [-0.4, -0.2) is 26.2 Å². The topological polar surface area (TPSA) is 70.9 Å². The lowest BCUT2D eigenvalue weighted by atomic mass is 10.1. The van der Waals surface area contributed by atoms with E-state index in [-0.39, 0.29) is 0 Å². The zero-order valence-corrected chi connectivity index (χ0v) is 12.4. The monoisotopic (exact) mass is 295 g/mol. The van der Waals surface area contributed by atoms with Crippen LogP contribution < -0.4 is 10.5 Å². The largest absolute Gasteiger partial charge is 0.477 e.